The molecule has 0 saturated heterocycles. The predicted molar refractivity (Wildman–Crippen MR) is 76.2 cm³/mol. The van der Waals surface area contributed by atoms with E-state index in [1.165, 1.54) is 48.5 Å². The number of carboxylic acid groups (broad SMARTS) is 1. The van der Waals surface area contributed by atoms with Crippen molar-refractivity contribution >= 4 is 17.7 Å². The maximum Gasteiger partial charge on any atom is 0.328 e. The largest absolute Gasteiger partial charge is 0.478 e. The molecule has 0 aliphatic rings. The highest BCUT2D eigenvalue weighted by Gasteiger charge is 2.16. The molecule has 2 rings (SSSR count). The van der Waals surface area contributed by atoms with Gasteiger partial charge in [-0.25, -0.2) is 9.18 Å². The molecule has 6 nitrogen and oxygen atoms in total. The molecule has 0 aromatic heterocycles. The SMILES string of the molecule is O=C(O)/C=C/c1ccc(Oc2ccc(F)cc2)c([N+](=O)[O-])c1. The van der Waals surface area contributed by atoms with Gasteiger partial charge in [-0.05, 0) is 42.0 Å². The Balaban J connectivity index is 2.32. The molecule has 0 saturated carbocycles. The summed E-state index contributed by atoms with van der Waals surface area (Å²) >= 11 is 0. The summed E-state index contributed by atoms with van der Waals surface area (Å²) < 4.78 is 18.2. The fourth-order valence-corrected chi connectivity index (χ4v) is 1.66. The second-order valence-electron chi connectivity index (χ2n) is 4.21. The summed E-state index contributed by atoms with van der Waals surface area (Å²) in [6, 6.07) is 9.05. The Labute approximate surface area is 124 Å². The van der Waals surface area contributed by atoms with Crippen molar-refractivity contribution in [3.63, 3.8) is 0 Å². The summed E-state index contributed by atoms with van der Waals surface area (Å²) in [6.45, 7) is 0. The van der Waals surface area contributed by atoms with Crippen LogP contribution in [0, 0.1) is 15.9 Å². The Bertz CT molecular complexity index is 740. The van der Waals surface area contributed by atoms with Gasteiger partial charge >= 0.3 is 11.7 Å². The summed E-state index contributed by atoms with van der Waals surface area (Å²) in [7, 11) is 0. The number of ether oxygens (including phenoxy) is 1. The van der Waals surface area contributed by atoms with E-state index < -0.39 is 16.7 Å². The smallest absolute Gasteiger partial charge is 0.328 e. The Morgan fingerprint density at radius 1 is 1.23 bits per heavy atom. The van der Waals surface area contributed by atoms with Crippen molar-refractivity contribution in [1.82, 2.24) is 0 Å². The van der Waals surface area contributed by atoms with Crippen LogP contribution < -0.4 is 4.74 Å². The Morgan fingerprint density at radius 2 is 1.91 bits per heavy atom. The third-order valence-corrected chi connectivity index (χ3v) is 2.64. The van der Waals surface area contributed by atoms with E-state index >= 15 is 0 Å². The average Bonchev–Trinajstić information content (AvgIpc) is 2.48. The van der Waals surface area contributed by atoms with E-state index in [4.69, 9.17) is 9.84 Å². The van der Waals surface area contributed by atoms with Gasteiger partial charge in [0.15, 0.2) is 0 Å². The Kier molecular flexibility index (Phi) is 4.47. The molecule has 0 bridgehead atoms. The van der Waals surface area contributed by atoms with Gasteiger partial charge in [0.25, 0.3) is 0 Å². The summed E-state index contributed by atoms with van der Waals surface area (Å²) in [5.74, 6) is -1.38. The molecule has 0 aliphatic heterocycles. The lowest BCUT2D eigenvalue weighted by atomic mass is 10.1. The molecule has 0 heterocycles. The first kappa shape index (κ1) is 15.2. The van der Waals surface area contributed by atoms with Gasteiger partial charge in [0.1, 0.15) is 11.6 Å². The van der Waals surface area contributed by atoms with Gasteiger partial charge < -0.3 is 9.84 Å². The van der Waals surface area contributed by atoms with Crippen molar-refractivity contribution in [3.05, 3.63) is 70.0 Å². The van der Waals surface area contributed by atoms with Crippen molar-refractivity contribution < 1.29 is 24.0 Å². The first-order valence-electron chi connectivity index (χ1n) is 6.08. The number of nitro groups is 1. The number of hydrogen-bond donors (Lipinski definition) is 1. The lowest BCUT2D eigenvalue weighted by molar-refractivity contribution is -0.385. The molecule has 7 heteroatoms. The van der Waals surface area contributed by atoms with Crippen LogP contribution in [0.2, 0.25) is 0 Å². The van der Waals surface area contributed by atoms with E-state index in [-0.39, 0.29) is 17.2 Å². The number of benzene rings is 2. The first-order valence-corrected chi connectivity index (χ1v) is 6.08. The average molecular weight is 303 g/mol. The number of halogens is 1. The summed E-state index contributed by atoms with van der Waals surface area (Å²) in [5, 5.41) is 19.6. The van der Waals surface area contributed by atoms with Gasteiger partial charge in [-0.3, -0.25) is 10.1 Å². The van der Waals surface area contributed by atoms with Gasteiger partial charge in [0.05, 0.1) is 4.92 Å². The van der Waals surface area contributed by atoms with Gasteiger partial charge in [-0.15, -0.1) is 0 Å². The van der Waals surface area contributed by atoms with Gasteiger partial charge in [-0.2, -0.15) is 0 Å². The molecule has 0 aliphatic carbocycles. The molecule has 1 N–H and O–H groups in total. The van der Waals surface area contributed by atoms with Crippen LogP contribution in [0.5, 0.6) is 11.5 Å². The van der Waals surface area contributed by atoms with Gasteiger partial charge in [0, 0.05) is 12.1 Å². The van der Waals surface area contributed by atoms with Crippen LogP contribution in [0.4, 0.5) is 10.1 Å². The Hall–Kier alpha value is -3.22. The van der Waals surface area contributed by atoms with E-state index in [0.717, 1.165) is 6.08 Å². The maximum atomic E-state index is 12.8. The molecule has 0 spiro atoms. The summed E-state index contributed by atoms with van der Waals surface area (Å²) in [5.41, 5.74) is 0.0254. The topological polar surface area (TPSA) is 89.7 Å². The minimum Gasteiger partial charge on any atom is -0.478 e. The number of carboxylic acids is 1. The molecule has 2 aromatic carbocycles. The van der Waals surface area contributed by atoms with Crippen molar-refractivity contribution in [2.24, 2.45) is 0 Å². The fraction of sp³-hybridized carbons (Fsp3) is 0. The highest BCUT2D eigenvalue weighted by Crippen LogP contribution is 2.32. The van der Waals surface area contributed by atoms with Crippen LogP contribution in [-0.2, 0) is 4.79 Å². The van der Waals surface area contributed by atoms with E-state index in [9.17, 15) is 19.3 Å². The number of nitrogens with zero attached hydrogens (tertiary/aromatic N) is 1. The van der Waals surface area contributed by atoms with E-state index in [1.807, 2.05) is 0 Å². The number of hydrogen-bond acceptors (Lipinski definition) is 4. The molecule has 22 heavy (non-hydrogen) atoms. The van der Waals surface area contributed by atoms with E-state index in [1.54, 1.807) is 0 Å². The van der Waals surface area contributed by atoms with Crippen LogP contribution in [-0.4, -0.2) is 16.0 Å². The zero-order valence-electron chi connectivity index (χ0n) is 11.1. The van der Waals surface area contributed by atoms with Gasteiger partial charge in [-0.1, -0.05) is 6.07 Å². The van der Waals surface area contributed by atoms with Crippen molar-refractivity contribution in [2.75, 3.05) is 0 Å². The predicted octanol–water partition coefficient (Wildman–Crippen LogP) is 3.62. The second kappa shape index (κ2) is 6.49. The quantitative estimate of drug-likeness (QED) is 0.517. The molecule has 112 valence electrons. The highest BCUT2D eigenvalue weighted by molar-refractivity contribution is 5.85. The van der Waals surface area contributed by atoms with Crippen LogP contribution >= 0.6 is 0 Å². The van der Waals surface area contributed by atoms with E-state index in [2.05, 4.69) is 0 Å². The molecule has 0 unspecified atom stereocenters. The molecular formula is C15H10FNO5. The minimum absolute atomic E-state index is 0.0240. The third kappa shape index (κ3) is 3.89. The standard InChI is InChI=1S/C15H10FNO5/c16-11-3-5-12(6-4-11)22-14-7-1-10(2-8-15(18)19)9-13(14)17(20)21/h1-9H,(H,18,19)/b8-2+. The number of nitro benzene ring substituents is 1. The van der Waals surface area contributed by atoms with Crippen molar-refractivity contribution in [3.8, 4) is 11.5 Å². The number of rotatable bonds is 5. The Morgan fingerprint density at radius 3 is 2.50 bits per heavy atom. The monoisotopic (exact) mass is 303 g/mol. The number of carbonyl (C=O) groups is 1. The third-order valence-electron chi connectivity index (χ3n) is 2.64. The molecule has 0 amide bonds. The fourth-order valence-electron chi connectivity index (χ4n) is 1.66. The second-order valence-corrected chi connectivity index (χ2v) is 4.21. The van der Waals surface area contributed by atoms with Crippen LogP contribution in [0.1, 0.15) is 5.56 Å². The number of aliphatic carboxylic acids is 1. The molecule has 0 atom stereocenters. The molecule has 0 fully saturated rings. The van der Waals surface area contributed by atoms with Gasteiger partial charge in [0.2, 0.25) is 5.75 Å². The first-order chi connectivity index (χ1) is 10.5. The maximum absolute atomic E-state index is 12.8. The van der Waals surface area contributed by atoms with Crippen LogP contribution in [0.3, 0.4) is 0 Å². The molecule has 0 radical (unpaired) electrons. The summed E-state index contributed by atoms with van der Waals surface area (Å²) in [4.78, 5) is 20.9. The zero-order valence-corrected chi connectivity index (χ0v) is 11.1. The van der Waals surface area contributed by atoms with Crippen molar-refractivity contribution in [1.29, 1.82) is 0 Å². The van der Waals surface area contributed by atoms with E-state index in [0.29, 0.717) is 5.56 Å². The van der Waals surface area contributed by atoms with Crippen LogP contribution in [0.25, 0.3) is 6.08 Å². The highest BCUT2D eigenvalue weighted by atomic mass is 19.1. The summed E-state index contributed by atoms with van der Waals surface area (Å²) in [6.07, 6.45) is 2.11. The molecule has 2 aromatic rings. The lowest BCUT2D eigenvalue weighted by Gasteiger charge is -2.06. The van der Waals surface area contributed by atoms with Crippen LogP contribution in [0.15, 0.2) is 48.5 Å². The normalized spacial score (nSPS) is 10.6. The zero-order chi connectivity index (χ0) is 16.1. The lowest BCUT2D eigenvalue weighted by Crippen LogP contribution is -1.94. The van der Waals surface area contributed by atoms with Crippen molar-refractivity contribution in [2.45, 2.75) is 0 Å². The minimum atomic E-state index is -1.16. The molecular weight excluding hydrogens is 293 g/mol.